The molecule has 2 saturated heterocycles. The smallest absolute Gasteiger partial charge is 0.302 e. The fraction of sp³-hybridized carbons (Fsp3) is 0.406. The van der Waals surface area contributed by atoms with Crippen LogP contribution in [0.5, 0.6) is 0 Å². The molecule has 0 saturated carbocycles. The summed E-state index contributed by atoms with van der Waals surface area (Å²) in [6, 6.07) is 30.8. The van der Waals surface area contributed by atoms with Crippen LogP contribution in [-0.4, -0.2) is 54.4 Å². The summed E-state index contributed by atoms with van der Waals surface area (Å²) in [5, 5.41) is 0. The maximum absolute atomic E-state index is 11.7. The molecule has 2 heterocycles. The summed E-state index contributed by atoms with van der Waals surface area (Å²) >= 11 is 0. The van der Waals surface area contributed by atoms with E-state index in [0.29, 0.717) is 26.4 Å². The Morgan fingerprint density at radius 1 is 0.763 bits per heavy atom. The predicted octanol–water partition coefficient (Wildman–Crippen LogP) is 5.15. The average Bonchev–Trinajstić information content (AvgIpc) is 3.23. The van der Waals surface area contributed by atoms with Crippen LogP contribution in [0.4, 0.5) is 0 Å². The Morgan fingerprint density at radius 2 is 1.29 bits per heavy atom. The molecule has 0 N–H and O–H groups in total. The zero-order chi connectivity index (χ0) is 26.2. The van der Waals surface area contributed by atoms with Gasteiger partial charge in [0, 0.05) is 25.9 Å². The lowest BCUT2D eigenvalue weighted by Crippen LogP contribution is -2.49. The topological polar surface area (TPSA) is 57.2 Å². The second-order valence-electron chi connectivity index (χ2n) is 10.2. The van der Waals surface area contributed by atoms with Gasteiger partial charge in [0.05, 0.1) is 32.5 Å². The van der Waals surface area contributed by atoms with E-state index in [-0.39, 0.29) is 36.4 Å². The highest BCUT2D eigenvalue weighted by Crippen LogP contribution is 2.38. The van der Waals surface area contributed by atoms with Crippen molar-refractivity contribution in [1.29, 1.82) is 0 Å². The van der Waals surface area contributed by atoms with Gasteiger partial charge in [0.2, 0.25) is 0 Å². The Morgan fingerprint density at radius 3 is 1.84 bits per heavy atom. The third kappa shape index (κ3) is 6.88. The van der Waals surface area contributed by atoms with E-state index in [4.69, 9.17) is 18.9 Å². The minimum atomic E-state index is -0.233. The molecule has 0 bridgehead atoms. The number of ether oxygens (including phenoxy) is 4. The Balaban J connectivity index is 1.36. The van der Waals surface area contributed by atoms with Crippen LogP contribution in [-0.2, 0) is 43.6 Å². The third-order valence-corrected chi connectivity index (χ3v) is 7.45. The Hall–Kier alpha value is -3.03. The molecule has 0 amide bonds. The molecule has 3 aromatic rings. The van der Waals surface area contributed by atoms with Crippen molar-refractivity contribution in [2.45, 2.75) is 70.0 Å². The van der Waals surface area contributed by atoms with Crippen molar-refractivity contribution < 1.29 is 23.7 Å². The lowest BCUT2D eigenvalue weighted by molar-refractivity contribution is -0.150. The Kier molecular flexibility index (Phi) is 9.20. The standard InChI is InChI=1S/C32H37NO5/c1-24(34)38-28-17-18-33-29(19-28)31(36-21-26-13-7-3-8-14-26)32(37-22-27-15-9-4-10-16-27)30(33)23-35-20-25-11-5-2-6-12-25/h2-16,28-32H,17-23H2,1H3/t28-,29+,30+,31+,32+/m0/s1. The van der Waals surface area contributed by atoms with Gasteiger partial charge in [-0.25, -0.2) is 0 Å². The van der Waals surface area contributed by atoms with Crippen molar-refractivity contribution in [3.8, 4) is 0 Å². The highest BCUT2D eigenvalue weighted by atomic mass is 16.6. The number of hydrogen-bond acceptors (Lipinski definition) is 6. The first-order valence-electron chi connectivity index (χ1n) is 13.5. The molecule has 200 valence electrons. The number of nitrogens with zero attached hydrogens (tertiary/aromatic N) is 1. The van der Waals surface area contributed by atoms with E-state index in [1.807, 2.05) is 54.6 Å². The van der Waals surface area contributed by atoms with Gasteiger partial charge < -0.3 is 18.9 Å². The third-order valence-electron chi connectivity index (χ3n) is 7.45. The van der Waals surface area contributed by atoms with Crippen LogP contribution in [0, 0.1) is 0 Å². The van der Waals surface area contributed by atoms with E-state index in [1.165, 1.54) is 6.92 Å². The molecule has 0 aromatic heterocycles. The Bertz CT molecular complexity index is 1130. The minimum absolute atomic E-state index is 0.0338. The van der Waals surface area contributed by atoms with E-state index in [9.17, 15) is 4.79 Å². The van der Waals surface area contributed by atoms with Gasteiger partial charge >= 0.3 is 5.97 Å². The quantitative estimate of drug-likeness (QED) is 0.329. The molecule has 5 rings (SSSR count). The molecule has 0 radical (unpaired) electrons. The van der Waals surface area contributed by atoms with Gasteiger partial charge in [0.25, 0.3) is 0 Å². The highest BCUT2D eigenvalue weighted by Gasteiger charge is 2.53. The maximum atomic E-state index is 11.7. The number of rotatable bonds is 11. The van der Waals surface area contributed by atoms with E-state index in [1.54, 1.807) is 0 Å². The summed E-state index contributed by atoms with van der Waals surface area (Å²) in [5.74, 6) is -0.233. The normalized spacial score (nSPS) is 25.1. The lowest BCUT2D eigenvalue weighted by atomic mass is 9.97. The van der Waals surface area contributed by atoms with Gasteiger partial charge in [-0.15, -0.1) is 0 Å². The summed E-state index contributed by atoms with van der Waals surface area (Å²) in [4.78, 5) is 14.2. The van der Waals surface area contributed by atoms with Crippen LogP contribution in [0.2, 0.25) is 0 Å². The first-order chi connectivity index (χ1) is 18.7. The summed E-state index contributed by atoms with van der Waals surface area (Å²) in [5.41, 5.74) is 3.40. The summed E-state index contributed by atoms with van der Waals surface area (Å²) in [6.07, 6.45) is 1.04. The molecule has 6 nitrogen and oxygen atoms in total. The zero-order valence-corrected chi connectivity index (χ0v) is 22.0. The molecule has 6 heteroatoms. The zero-order valence-electron chi connectivity index (χ0n) is 22.0. The monoisotopic (exact) mass is 515 g/mol. The second kappa shape index (κ2) is 13.2. The molecule has 0 spiro atoms. The molecule has 0 unspecified atom stereocenters. The van der Waals surface area contributed by atoms with Crippen LogP contribution in [0.25, 0.3) is 0 Å². The predicted molar refractivity (Wildman–Crippen MR) is 145 cm³/mol. The first-order valence-corrected chi connectivity index (χ1v) is 13.5. The molecule has 2 fully saturated rings. The van der Waals surface area contributed by atoms with Gasteiger partial charge in [-0.1, -0.05) is 91.0 Å². The maximum Gasteiger partial charge on any atom is 0.302 e. The number of esters is 1. The molecular weight excluding hydrogens is 478 g/mol. The lowest BCUT2D eigenvalue weighted by Gasteiger charge is -2.38. The SMILES string of the molecule is CC(=O)O[C@H]1CCN2[C@H](COCc3ccccc3)[C@@H](OCc3ccccc3)[C@H](OCc3ccccc3)[C@H]2C1. The van der Waals surface area contributed by atoms with Crippen LogP contribution in [0.1, 0.15) is 36.5 Å². The number of hydrogen-bond donors (Lipinski definition) is 0. The number of fused-ring (bicyclic) bond motifs is 1. The summed E-state index contributed by atoms with van der Waals surface area (Å²) in [6.45, 7) is 4.37. The van der Waals surface area contributed by atoms with Gasteiger partial charge in [-0.2, -0.15) is 0 Å². The van der Waals surface area contributed by atoms with Crippen molar-refractivity contribution in [3.63, 3.8) is 0 Å². The van der Waals surface area contributed by atoms with Gasteiger partial charge in [0.15, 0.2) is 0 Å². The first kappa shape index (κ1) is 26.6. The molecular formula is C32H37NO5. The molecule has 0 aliphatic carbocycles. The number of carbonyl (C=O) groups excluding carboxylic acids is 1. The van der Waals surface area contributed by atoms with E-state index in [2.05, 4.69) is 41.3 Å². The number of benzene rings is 3. The van der Waals surface area contributed by atoms with Gasteiger partial charge in [0.1, 0.15) is 18.3 Å². The molecule has 38 heavy (non-hydrogen) atoms. The average molecular weight is 516 g/mol. The van der Waals surface area contributed by atoms with Gasteiger partial charge in [-0.05, 0) is 23.1 Å². The molecule has 5 atom stereocenters. The largest absolute Gasteiger partial charge is 0.462 e. The number of piperidine rings is 1. The summed E-state index contributed by atoms with van der Waals surface area (Å²) < 4.78 is 25.2. The molecule has 2 aliphatic rings. The van der Waals surface area contributed by atoms with Crippen molar-refractivity contribution in [1.82, 2.24) is 4.90 Å². The van der Waals surface area contributed by atoms with Crippen LogP contribution in [0.3, 0.4) is 0 Å². The van der Waals surface area contributed by atoms with Crippen LogP contribution < -0.4 is 0 Å². The van der Waals surface area contributed by atoms with E-state index >= 15 is 0 Å². The fourth-order valence-corrected chi connectivity index (χ4v) is 5.69. The molecule has 3 aromatic carbocycles. The highest BCUT2D eigenvalue weighted by molar-refractivity contribution is 5.66. The molecule has 2 aliphatic heterocycles. The van der Waals surface area contributed by atoms with Gasteiger partial charge in [-0.3, -0.25) is 9.69 Å². The van der Waals surface area contributed by atoms with E-state index in [0.717, 1.165) is 36.1 Å². The van der Waals surface area contributed by atoms with Crippen LogP contribution >= 0.6 is 0 Å². The van der Waals surface area contributed by atoms with Crippen molar-refractivity contribution in [3.05, 3.63) is 108 Å². The van der Waals surface area contributed by atoms with Crippen molar-refractivity contribution >= 4 is 5.97 Å². The van der Waals surface area contributed by atoms with Crippen molar-refractivity contribution in [2.24, 2.45) is 0 Å². The van der Waals surface area contributed by atoms with E-state index < -0.39 is 0 Å². The fourth-order valence-electron chi connectivity index (χ4n) is 5.69. The summed E-state index contributed by atoms with van der Waals surface area (Å²) in [7, 11) is 0. The number of carbonyl (C=O) groups is 1. The second-order valence-corrected chi connectivity index (χ2v) is 10.2. The van der Waals surface area contributed by atoms with Crippen LogP contribution in [0.15, 0.2) is 91.0 Å². The Labute approximate surface area is 225 Å². The van der Waals surface area contributed by atoms with Crippen molar-refractivity contribution in [2.75, 3.05) is 13.2 Å². The minimum Gasteiger partial charge on any atom is -0.462 e.